The molecule has 3 rings (SSSR count). The Hall–Kier alpha value is -1.66. The third-order valence-corrected chi connectivity index (χ3v) is 7.75. The molecule has 0 aromatic heterocycles. The molecule has 3 saturated heterocycles. The summed E-state index contributed by atoms with van der Waals surface area (Å²) < 4.78 is 40.1. The van der Waals surface area contributed by atoms with Crippen molar-refractivity contribution in [3.63, 3.8) is 0 Å². The molecular formula is C26H47N3O16. The van der Waals surface area contributed by atoms with E-state index in [9.17, 15) is 40.2 Å². The van der Waals surface area contributed by atoms with Crippen LogP contribution in [0.15, 0.2) is 0 Å². The van der Waals surface area contributed by atoms with E-state index in [0.29, 0.717) is 0 Å². The first-order valence-corrected chi connectivity index (χ1v) is 14.6. The van der Waals surface area contributed by atoms with Crippen LogP contribution in [-0.4, -0.2) is 175 Å². The summed E-state index contributed by atoms with van der Waals surface area (Å²) in [6.07, 6.45) is -16.0. The largest absolute Gasteiger partial charge is 0.394 e. The van der Waals surface area contributed by atoms with E-state index in [1.807, 2.05) is 0 Å². The Morgan fingerprint density at radius 2 is 1.04 bits per heavy atom. The summed E-state index contributed by atoms with van der Waals surface area (Å²) in [7, 11) is 2.58. The fourth-order valence-corrected chi connectivity index (χ4v) is 5.65. The molecule has 0 radical (unpaired) electrons. The van der Waals surface area contributed by atoms with Crippen molar-refractivity contribution in [3.05, 3.63) is 0 Å². The van der Waals surface area contributed by atoms with Gasteiger partial charge < -0.3 is 79.3 Å². The Balaban J connectivity index is 1.89. The highest BCUT2D eigenvalue weighted by Crippen LogP contribution is 2.33. The smallest absolute Gasteiger partial charge is 0.217 e. The molecule has 0 aromatic rings. The minimum absolute atomic E-state index is 0.124. The molecule has 3 aliphatic heterocycles. The van der Waals surface area contributed by atoms with Crippen molar-refractivity contribution < 1.29 is 78.2 Å². The Morgan fingerprint density at radius 3 is 1.47 bits per heavy atom. The molecule has 3 heterocycles. The van der Waals surface area contributed by atoms with Crippen LogP contribution in [-0.2, 0) is 47.6 Å². The lowest BCUT2D eigenvalue weighted by Crippen LogP contribution is -2.70. The number of rotatable bonds is 14. The predicted molar refractivity (Wildman–Crippen MR) is 147 cm³/mol. The first-order valence-electron chi connectivity index (χ1n) is 14.6. The Bertz CT molecular complexity index is 937. The van der Waals surface area contributed by atoms with Gasteiger partial charge in [-0.05, 0) is 6.92 Å². The van der Waals surface area contributed by atoms with Crippen molar-refractivity contribution in [2.24, 2.45) is 0 Å². The van der Waals surface area contributed by atoms with Crippen LogP contribution in [0.5, 0.6) is 0 Å². The van der Waals surface area contributed by atoms with Crippen molar-refractivity contribution in [1.82, 2.24) is 16.1 Å². The van der Waals surface area contributed by atoms with E-state index < -0.39 is 124 Å². The Labute approximate surface area is 259 Å². The molecule has 9 N–H and O–H groups in total. The number of aliphatic hydroxyl groups excluding tert-OH is 6. The van der Waals surface area contributed by atoms with Gasteiger partial charge in [-0.3, -0.25) is 9.59 Å². The summed E-state index contributed by atoms with van der Waals surface area (Å²) in [4.78, 5) is 29.1. The van der Waals surface area contributed by atoms with Crippen LogP contribution in [0.3, 0.4) is 0 Å². The summed E-state index contributed by atoms with van der Waals surface area (Å²) >= 11 is 0. The van der Waals surface area contributed by atoms with Crippen molar-refractivity contribution in [1.29, 1.82) is 0 Å². The van der Waals surface area contributed by atoms with Crippen LogP contribution in [0.4, 0.5) is 0 Å². The summed E-state index contributed by atoms with van der Waals surface area (Å²) in [5.41, 5.74) is 2.61. The van der Waals surface area contributed by atoms with Crippen molar-refractivity contribution in [2.75, 3.05) is 40.6 Å². The number of carbonyl (C=O) groups is 2. The molecule has 3 fully saturated rings. The number of methoxy groups -OCH3 is 2. The second kappa shape index (κ2) is 17.5. The SMILES string of the molecule is CCONC1C(OC2C(CO)OC(OC)C(NC(C)=O)C2O)OC(CO)C(OC2OC(CO)C(OC)C(O)C2NC(C)=O)C1O. The number of hydroxylamine groups is 1. The standard InChI is InChI=1S/C26H47N3O16/c1-6-40-29-17-20(37)23(44-25-16(28-11(3)34)18(35)21(38-4)12(7-30)42-25)14(9-32)43-26(17)45-22-13(8-31)41-24(39-5)15(19(22)36)27-10(2)33/h12-26,29-32,35-37H,6-9H2,1-5H3,(H,27,33)(H,28,34). The molecule has 19 nitrogen and oxygen atoms in total. The van der Waals surface area contributed by atoms with Crippen LogP contribution in [0, 0.1) is 0 Å². The van der Waals surface area contributed by atoms with Crippen LogP contribution in [0.1, 0.15) is 20.8 Å². The fourth-order valence-electron chi connectivity index (χ4n) is 5.65. The number of aliphatic hydroxyl groups is 6. The Morgan fingerprint density at radius 1 is 0.644 bits per heavy atom. The molecule has 0 saturated carbocycles. The second-order valence-electron chi connectivity index (χ2n) is 10.8. The zero-order valence-electron chi connectivity index (χ0n) is 25.8. The van der Waals surface area contributed by atoms with Gasteiger partial charge in [0, 0.05) is 28.1 Å². The normalized spacial score (nSPS) is 42.2. The number of nitrogens with one attached hydrogen (secondary N) is 3. The number of amides is 2. The summed E-state index contributed by atoms with van der Waals surface area (Å²) in [6, 6.07) is -3.63. The molecule has 45 heavy (non-hydrogen) atoms. The maximum atomic E-state index is 12.0. The van der Waals surface area contributed by atoms with E-state index in [-0.39, 0.29) is 6.61 Å². The lowest BCUT2D eigenvalue weighted by atomic mass is 9.94. The number of hydrogen-bond acceptors (Lipinski definition) is 17. The van der Waals surface area contributed by atoms with Gasteiger partial charge >= 0.3 is 0 Å². The molecule has 0 spiro atoms. The van der Waals surface area contributed by atoms with E-state index in [1.165, 1.54) is 28.1 Å². The van der Waals surface area contributed by atoms with Gasteiger partial charge in [0.15, 0.2) is 18.9 Å². The summed E-state index contributed by atoms with van der Waals surface area (Å²) in [6.45, 7) is 2.26. The lowest BCUT2D eigenvalue weighted by molar-refractivity contribution is -0.358. The van der Waals surface area contributed by atoms with Crippen LogP contribution in [0.2, 0.25) is 0 Å². The second-order valence-corrected chi connectivity index (χ2v) is 10.8. The molecule has 0 bridgehead atoms. The minimum atomic E-state index is -1.61. The van der Waals surface area contributed by atoms with Crippen molar-refractivity contribution >= 4 is 11.8 Å². The van der Waals surface area contributed by atoms with Gasteiger partial charge in [0.25, 0.3) is 0 Å². The van der Waals surface area contributed by atoms with Crippen LogP contribution >= 0.6 is 0 Å². The zero-order valence-corrected chi connectivity index (χ0v) is 25.8. The third-order valence-electron chi connectivity index (χ3n) is 7.75. The molecule has 19 heteroatoms. The molecular weight excluding hydrogens is 610 g/mol. The monoisotopic (exact) mass is 657 g/mol. The summed E-state index contributed by atoms with van der Waals surface area (Å²) in [5.74, 6) is -1.05. The highest BCUT2D eigenvalue weighted by atomic mass is 16.8. The molecule has 2 amide bonds. The van der Waals surface area contributed by atoms with Gasteiger partial charge in [0.05, 0.1) is 26.4 Å². The van der Waals surface area contributed by atoms with Gasteiger partial charge in [-0.25, -0.2) is 0 Å². The van der Waals surface area contributed by atoms with Gasteiger partial charge in [0.2, 0.25) is 11.8 Å². The highest BCUT2D eigenvalue weighted by molar-refractivity contribution is 5.73. The maximum absolute atomic E-state index is 12.0. The molecule has 15 unspecified atom stereocenters. The average molecular weight is 658 g/mol. The fraction of sp³-hybridized carbons (Fsp3) is 0.923. The van der Waals surface area contributed by atoms with Crippen LogP contribution < -0.4 is 16.1 Å². The topological polar surface area (TPSA) is 265 Å². The summed E-state index contributed by atoms with van der Waals surface area (Å²) in [5, 5.41) is 68.9. The first-order chi connectivity index (χ1) is 21.4. The lowest BCUT2D eigenvalue weighted by Gasteiger charge is -2.50. The van der Waals surface area contributed by atoms with Crippen molar-refractivity contribution in [3.8, 4) is 0 Å². The van der Waals surface area contributed by atoms with E-state index in [1.54, 1.807) is 6.92 Å². The maximum Gasteiger partial charge on any atom is 0.217 e. The third kappa shape index (κ3) is 8.83. The van der Waals surface area contributed by atoms with Gasteiger partial charge in [-0.15, -0.1) is 0 Å². The zero-order chi connectivity index (χ0) is 33.4. The van der Waals surface area contributed by atoms with E-state index >= 15 is 0 Å². The quantitative estimate of drug-likeness (QED) is 0.0789. The van der Waals surface area contributed by atoms with Crippen molar-refractivity contribution in [2.45, 2.75) is 113 Å². The number of ether oxygens (including phenoxy) is 7. The van der Waals surface area contributed by atoms with Gasteiger partial charge in [-0.1, -0.05) is 0 Å². The van der Waals surface area contributed by atoms with E-state index in [0.717, 1.165) is 0 Å². The highest BCUT2D eigenvalue weighted by Gasteiger charge is 2.54. The van der Waals surface area contributed by atoms with Gasteiger partial charge in [-0.2, -0.15) is 5.48 Å². The molecule has 0 aliphatic carbocycles. The van der Waals surface area contributed by atoms with E-state index in [4.69, 9.17) is 38.0 Å². The molecule has 15 atom stereocenters. The Kier molecular flexibility index (Phi) is 14.7. The molecule has 3 aliphatic rings. The predicted octanol–water partition coefficient (Wildman–Crippen LogP) is -5.43. The van der Waals surface area contributed by atoms with Crippen LogP contribution in [0.25, 0.3) is 0 Å². The first kappa shape index (κ1) is 37.8. The van der Waals surface area contributed by atoms with E-state index in [2.05, 4.69) is 16.1 Å². The van der Waals surface area contributed by atoms with Gasteiger partial charge in [0.1, 0.15) is 73.1 Å². The molecule has 262 valence electrons. The number of hydrogen-bond donors (Lipinski definition) is 9. The molecule has 0 aromatic carbocycles. The average Bonchev–Trinajstić information content (AvgIpc) is 3.01. The number of carbonyl (C=O) groups excluding carboxylic acids is 2. The minimum Gasteiger partial charge on any atom is -0.394 e.